The topological polar surface area (TPSA) is 40.2 Å². The second-order valence-corrected chi connectivity index (χ2v) is 5.83. The van der Waals surface area contributed by atoms with E-state index in [-0.39, 0.29) is 6.04 Å². The summed E-state index contributed by atoms with van der Waals surface area (Å²) in [6.45, 7) is 4.18. The number of nitrogens with one attached hydrogen (secondary N) is 2. The van der Waals surface area contributed by atoms with E-state index >= 15 is 0 Å². The number of aromatic nitrogens is 1. The summed E-state index contributed by atoms with van der Waals surface area (Å²) in [7, 11) is 0. The zero-order chi connectivity index (χ0) is 14.7. The molecule has 21 heavy (non-hydrogen) atoms. The molecule has 1 fully saturated rings. The van der Waals surface area contributed by atoms with Crippen molar-refractivity contribution in [3.63, 3.8) is 0 Å². The minimum Gasteiger partial charge on any atom is -0.348 e. The van der Waals surface area contributed by atoms with Crippen LogP contribution < -0.4 is 10.9 Å². The first-order chi connectivity index (χ1) is 10.2. The highest BCUT2D eigenvalue weighted by Gasteiger charge is 2.15. The Bertz CT molecular complexity index is 637. The van der Waals surface area contributed by atoms with Crippen molar-refractivity contribution in [2.45, 2.75) is 25.8 Å². The van der Waals surface area contributed by atoms with Gasteiger partial charge >= 0.3 is 0 Å². The molecular weight excluding hydrogens is 280 g/mol. The molecule has 1 atom stereocenters. The monoisotopic (exact) mass is 300 g/mol. The Morgan fingerprint density at radius 3 is 2.71 bits per heavy atom. The van der Waals surface area contributed by atoms with Crippen molar-refractivity contribution in [1.82, 2.24) is 20.7 Å². The van der Waals surface area contributed by atoms with E-state index in [1.807, 2.05) is 18.3 Å². The third kappa shape index (κ3) is 3.31. The number of fused-ring (bicyclic) bond motifs is 1. The Kier molecular flexibility index (Phi) is 4.31. The first kappa shape index (κ1) is 14.2. The van der Waals surface area contributed by atoms with Gasteiger partial charge in [0.05, 0.1) is 11.7 Å². The van der Waals surface area contributed by atoms with Crippen LogP contribution in [-0.2, 0) is 0 Å². The Morgan fingerprint density at radius 1 is 1.24 bits per heavy atom. The Labute approximate surface area is 130 Å². The van der Waals surface area contributed by atoms with Crippen molar-refractivity contribution in [1.29, 1.82) is 0 Å². The highest BCUT2D eigenvalue weighted by atomic mass is 32.1. The molecule has 2 N–H and O–H groups in total. The van der Waals surface area contributed by atoms with E-state index < -0.39 is 0 Å². The lowest BCUT2D eigenvalue weighted by molar-refractivity contribution is 0.460. The molecule has 0 amide bonds. The molecule has 2 heterocycles. The van der Waals surface area contributed by atoms with Crippen LogP contribution in [0.15, 0.2) is 36.5 Å². The van der Waals surface area contributed by atoms with Gasteiger partial charge in [-0.1, -0.05) is 24.3 Å². The second kappa shape index (κ2) is 6.37. The third-order valence-electron chi connectivity index (χ3n) is 3.88. The van der Waals surface area contributed by atoms with Crippen molar-refractivity contribution in [3.05, 3.63) is 42.2 Å². The minimum atomic E-state index is 0.0927. The molecule has 0 unspecified atom stereocenters. The van der Waals surface area contributed by atoms with E-state index in [9.17, 15) is 0 Å². The van der Waals surface area contributed by atoms with Gasteiger partial charge < -0.3 is 4.90 Å². The van der Waals surface area contributed by atoms with Gasteiger partial charge in [-0.3, -0.25) is 10.4 Å². The maximum Gasteiger partial charge on any atom is 0.183 e. The summed E-state index contributed by atoms with van der Waals surface area (Å²) in [5.74, 6) is 0. The van der Waals surface area contributed by atoms with Gasteiger partial charge in [0, 0.05) is 24.7 Å². The molecule has 0 aliphatic carbocycles. The lowest BCUT2D eigenvalue weighted by Crippen LogP contribution is -2.46. The lowest BCUT2D eigenvalue weighted by atomic mass is 10.1. The molecule has 1 aliphatic rings. The molecule has 110 valence electrons. The minimum absolute atomic E-state index is 0.0927. The molecule has 0 saturated carbocycles. The summed E-state index contributed by atoms with van der Waals surface area (Å²) in [6, 6.07) is 10.5. The summed E-state index contributed by atoms with van der Waals surface area (Å²) in [5.41, 5.74) is 7.39. The molecule has 1 aromatic carbocycles. The maximum atomic E-state index is 5.39. The first-order valence-electron chi connectivity index (χ1n) is 7.39. The smallest absolute Gasteiger partial charge is 0.183 e. The fourth-order valence-electron chi connectivity index (χ4n) is 2.58. The summed E-state index contributed by atoms with van der Waals surface area (Å²) in [4.78, 5) is 6.72. The van der Waals surface area contributed by atoms with Crippen LogP contribution in [0.3, 0.4) is 0 Å². The second-order valence-electron chi connectivity index (χ2n) is 5.45. The molecule has 1 aliphatic heterocycles. The molecule has 0 radical (unpaired) electrons. The summed E-state index contributed by atoms with van der Waals surface area (Å²) < 4.78 is 0. The van der Waals surface area contributed by atoms with Gasteiger partial charge in [-0.05, 0) is 43.4 Å². The molecule has 4 nitrogen and oxygen atoms in total. The van der Waals surface area contributed by atoms with Crippen molar-refractivity contribution in [2.75, 3.05) is 13.1 Å². The quantitative estimate of drug-likeness (QED) is 0.674. The largest absolute Gasteiger partial charge is 0.348 e. The van der Waals surface area contributed by atoms with Crippen LogP contribution in [0.2, 0.25) is 0 Å². The normalized spacial score (nSPS) is 16.1. The molecule has 0 bridgehead atoms. The van der Waals surface area contributed by atoms with Crippen LogP contribution in [0.5, 0.6) is 0 Å². The number of hydrazine groups is 1. The fraction of sp³-hybridized carbons (Fsp3) is 0.375. The SMILES string of the molecule is C[C@H](NNC(=S)N1CCCC1)c1cc2ccccc2cn1. The zero-order valence-electron chi connectivity index (χ0n) is 12.2. The molecule has 1 saturated heterocycles. The van der Waals surface area contributed by atoms with E-state index in [1.54, 1.807) is 0 Å². The molecule has 3 rings (SSSR count). The van der Waals surface area contributed by atoms with Crippen LogP contribution in [0.25, 0.3) is 10.8 Å². The first-order valence-corrected chi connectivity index (χ1v) is 7.80. The number of hydrogen-bond acceptors (Lipinski definition) is 3. The Morgan fingerprint density at radius 2 is 1.95 bits per heavy atom. The van der Waals surface area contributed by atoms with Crippen molar-refractivity contribution < 1.29 is 0 Å². The molecule has 2 aromatic rings. The fourth-order valence-corrected chi connectivity index (χ4v) is 2.82. The van der Waals surface area contributed by atoms with E-state index in [0.717, 1.165) is 29.3 Å². The number of thiocarbonyl (C=S) groups is 1. The maximum absolute atomic E-state index is 5.39. The molecule has 5 heteroatoms. The van der Waals surface area contributed by atoms with Gasteiger partial charge in [-0.2, -0.15) is 0 Å². The number of pyridine rings is 1. The van der Waals surface area contributed by atoms with Crippen LogP contribution >= 0.6 is 12.2 Å². The van der Waals surface area contributed by atoms with Gasteiger partial charge in [0.25, 0.3) is 0 Å². The van der Waals surface area contributed by atoms with Crippen molar-refractivity contribution >= 4 is 28.1 Å². The Balaban J connectivity index is 1.63. The summed E-state index contributed by atoms with van der Waals surface area (Å²) in [6.07, 6.45) is 4.37. The van der Waals surface area contributed by atoms with E-state index in [2.05, 4.69) is 45.9 Å². The number of rotatable bonds is 3. The average molecular weight is 300 g/mol. The predicted molar refractivity (Wildman–Crippen MR) is 89.8 cm³/mol. The standard InChI is InChI=1S/C16H20N4S/c1-12(18-19-16(21)20-8-4-5-9-20)15-10-13-6-2-3-7-14(13)11-17-15/h2-3,6-7,10-12,18H,4-5,8-9H2,1H3,(H,19,21)/t12-/m0/s1. The predicted octanol–water partition coefficient (Wildman–Crippen LogP) is 2.77. The van der Waals surface area contributed by atoms with Crippen LogP contribution in [0.1, 0.15) is 31.5 Å². The van der Waals surface area contributed by atoms with Gasteiger partial charge in [0.1, 0.15) is 0 Å². The lowest BCUT2D eigenvalue weighted by Gasteiger charge is -2.22. The van der Waals surface area contributed by atoms with Crippen LogP contribution in [-0.4, -0.2) is 28.1 Å². The van der Waals surface area contributed by atoms with Crippen molar-refractivity contribution in [2.24, 2.45) is 0 Å². The molecular formula is C16H20N4S. The third-order valence-corrected chi connectivity index (χ3v) is 4.24. The van der Waals surface area contributed by atoms with E-state index in [1.165, 1.54) is 18.2 Å². The van der Waals surface area contributed by atoms with Crippen LogP contribution in [0.4, 0.5) is 0 Å². The van der Waals surface area contributed by atoms with Gasteiger partial charge in [-0.15, -0.1) is 0 Å². The van der Waals surface area contributed by atoms with E-state index in [4.69, 9.17) is 12.2 Å². The van der Waals surface area contributed by atoms with Gasteiger partial charge in [-0.25, -0.2) is 5.43 Å². The van der Waals surface area contributed by atoms with Gasteiger partial charge in [0.2, 0.25) is 0 Å². The van der Waals surface area contributed by atoms with Crippen molar-refractivity contribution in [3.8, 4) is 0 Å². The average Bonchev–Trinajstić information content (AvgIpc) is 3.06. The van der Waals surface area contributed by atoms with Gasteiger partial charge in [0.15, 0.2) is 5.11 Å². The van der Waals surface area contributed by atoms with E-state index in [0.29, 0.717) is 0 Å². The zero-order valence-corrected chi connectivity index (χ0v) is 13.0. The number of hydrogen-bond donors (Lipinski definition) is 2. The number of nitrogens with zero attached hydrogens (tertiary/aromatic N) is 2. The van der Waals surface area contributed by atoms with Crippen LogP contribution in [0, 0.1) is 0 Å². The summed E-state index contributed by atoms with van der Waals surface area (Å²) >= 11 is 5.39. The number of likely N-dealkylation sites (tertiary alicyclic amines) is 1. The number of benzene rings is 1. The Hall–Kier alpha value is -1.72. The summed E-state index contributed by atoms with van der Waals surface area (Å²) in [5, 5.41) is 3.15. The molecule has 1 aromatic heterocycles. The highest BCUT2D eigenvalue weighted by Crippen LogP contribution is 2.17. The molecule has 0 spiro atoms. The highest BCUT2D eigenvalue weighted by molar-refractivity contribution is 7.80.